The molecule has 0 bridgehead atoms. The first-order chi connectivity index (χ1) is 15.2. The lowest BCUT2D eigenvalue weighted by Gasteiger charge is -2.10. The first kappa shape index (κ1) is 21.9. The van der Waals surface area contributed by atoms with Gasteiger partial charge in [-0.15, -0.1) is 0 Å². The van der Waals surface area contributed by atoms with Gasteiger partial charge in [0.05, 0.1) is 16.2 Å². The molecule has 1 amide bonds. The van der Waals surface area contributed by atoms with Crippen LogP contribution in [-0.4, -0.2) is 38.7 Å². The summed E-state index contributed by atoms with van der Waals surface area (Å²) in [6.07, 6.45) is 1.88. The molecule has 0 unspecified atom stereocenters. The minimum absolute atomic E-state index is 0.136. The van der Waals surface area contributed by atoms with Crippen LogP contribution in [0.15, 0.2) is 64.5 Å². The Hall–Kier alpha value is -3.29. The molecule has 0 saturated carbocycles. The van der Waals surface area contributed by atoms with Gasteiger partial charge in [-0.25, -0.2) is 9.79 Å². The largest absolute Gasteiger partial charge is 0.478 e. The number of rotatable bonds is 4. The average Bonchev–Trinajstić information content (AvgIpc) is 3.18. The fourth-order valence-corrected chi connectivity index (χ4v) is 4.69. The summed E-state index contributed by atoms with van der Waals surface area (Å²) in [5, 5.41) is 10.2. The van der Waals surface area contributed by atoms with Crippen molar-refractivity contribution in [1.29, 1.82) is 0 Å². The number of hydrogen-bond donors (Lipinski definition) is 1. The van der Waals surface area contributed by atoms with Crippen LogP contribution in [0.4, 0.5) is 5.69 Å². The number of aromatic nitrogens is 1. The van der Waals surface area contributed by atoms with Gasteiger partial charge in [-0.1, -0.05) is 17.7 Å². The second-order valence-corrected chi connectivity index (χ2v) is 8.81. The van der Waals surface area contributed by atoms with E-state index >= 15 is 0 Å². The SMILES string of the molecule is Cc1cc(/C=C2\SC(=Nc3ccc(C(=O)O)cc3)N(C)C2=O)c(C)n1-c1cccc(Cl)c1. The zero-order chi connectivity index (χ0) is 23.0. The van der Waals surface area contributed by atoms with Crippen LogP contribution in [-0.2, 0) is 4.79 Å². The van der Waals surface area contributed by atoms with Crippen molar-refractivity contribution in [3.8, 4) is 5.69 Å². The lowest BCUT2D eigenvalue weighted by atomic mass is 10.2. The molecule has 1 aromatic heterocycles. The summed E-state index contributed by atoms with van der Waals surface area (Å²) in [6.45, 7) is 4.02. The Morgan fingerprint density at radius 2 is 1.84 bits per heavy atom. The molecule has 2 aromatic carbocycles. The topological polar surface area (TPSA) is 74.9 Å². The zero-order valence-corrected chi connectivity index (χ0v) is 19.2. The first-order valence-corrected chi connectivity index (χ1v) is 11.0. The third kappa shape index (κ3) is 4.22. The normalized spacial score (nSPS) is 16.4. The van der Waals surface area contributed by atoms with Gasteiger partial charge in [-0.05, 0) is 85.8 Å². The molecule has 1 aliphatic rings. The standard InChI is InChI=1S/C24H20ClN3O3S/c1-14-11-17(15(2)28(14)20-6-4-5-18(25)13-20)12-21-22(29)27(3)24(32-21)26-19-9-7-16(8-10-19)23(30)31/h4-13H,1-3H3,(H,30,31)/b21-12-,26-24?. The van der Waals surface area contributed by atoms with E-state index in [1.165, 1.54) is 28.8 Å². The molecule has 1 fully saturated rings. The third-order valence-corrected chi connectivity index (χ3v) is 6.46. The van der Waals surface area contributed by atoms with E-state index in [1.807, 2.05) is 50.3 Å². The number of amidine groups is 1. The molecule has 2 heterocycles. The fourth-order valence-electron chi connectivity index (χ4n) is 3.53. The number of halogens is 1. The number of aryl methyl sites for hydroxylation is 1. The summed E-state index contributed by atoms with van der Waals surface area (Å²) in [5.74, 6) is -1.13. The highest BCUT2D eigenvalue weighted by Crippen LogP contribution is 2.34. The van der Waals surface area contributed by atoms with Crippen LogP contribution >= 0.6 is 23.4 Å². The van der Waals surface area contributed by atoms with Crippen molar-refractivity contribution in [3.63, 3.8) is 0 Å². The molecule has 8 heteroatoms. The molecule has 6 nitrogen and oxygen atoms in total. The molecule has 0 aliphatic carbocycles. The molecule has 0 radical (unpaired) electrons. The molecular weight excluding hydrogens is 446 g/mol. The molecule has 3 aromatic rings. The predicted molar refractivity (Wildman–Crippen MR) is 129 cm³/mol. The van der Waals surface area contributed by atoms with Crippen molar-refractivity contribution in [2.75, 3.05) is 7.05 Å². The van der Waals surface area contributed by atoms with E-state index in [1.54, 1.807) is 19.2 Å². The number of likely N-dealkylation sites (N-methyl/N-ethyl adjacent to an activating group) is 1. The van der Waals surface area contributed by atoms with E-state index in [4.69, 9.17) is 16.7 Å². The molecule has 1 N–H and O–H groups in total. The predicted octanol–water partition coefficient (Wildman–Crippen LogP) is 5.68. The number of carbonyl (C=O) groups excluding carboxylic acids is 1. The number of benzene rings is 2. The number of aliphatic imine (C=N–C) groups is 1. The highest BCUT2D eigenvalue weighted by Gasteiger charge is 2.30. The zero-order valence-electron chi connectivity index (χ0n) is 17.7. The van der Waals surface area contributed by atoms with Crippen LogP contribution in [0, 0.1) is 13.8 Å². The highest BCUT2D eigenvalue weighted by atomic mass is 35.5. The number of carboxylic acid groups (broad SMARTS) is 1. The van der Waals surface area contributed by atoms with Crippen molar-refractivity contribution in [2.45, 2.75) is 13.8 Å². The van der Waals surface area contributed by atoms with E-state index in [0.717, 1.165) is 22.6 Å². The molecule has 0 atom stereocenters. The number of hydrogen-bond acceptors (Lipinski definition) is 4. The molecule has 0 spiro atoms. The number of carbonyl (C=O) groups is 2. The van der Waals surface area contributed by atoms with Gasteiger partial charge in [0.25, 0.3) is 5.91 Å². The smallest absolute Gasteiger partial charge is 0.335 e. The van der Waals surface area contributed by atoms with E-state index in [-0.39, 0.29) is 11.5 Å². The maximum absolute atomic E-state index is 12.8. The Morgan fingerprint density at radius 1 is 1.12 bits per heavy atom. The van der Waals surface area contributed by atoms with Gasteiger partial charge in [0.2, 0.25) is 0 Å². The number of thioether (sulfide) groups is 1. The monoisotopic (exact) mass is 465 g/mol. The lowest BCUT2D eigenvalue weighted by Crippen LogP contribution is -2.23. The molecule has 4 rings (SSSR count). The van der Waals surface area contributed by atoms with E-state index < -0.39 is 5.97 Å². The average molecular weight is 466 g/mol. The van der Waals surface area contributed by atoms with Gasteiger partial charge in [-0.3, -0.25) is 9.69 Å². The molecular formula is C24H20ClN3O3S. The summed E-state index contributed by atoms with van der Waals surface area (Å²) in [5.41, 5.74) is 4.71. The van der Waals surface area contributed by atoms with E-state index in [9.17, 15) is 9.59 Å². The highest BCUT2D eigenvalue weighted by molar-refractivity contribution is 8.18. The van der Waals surface area contributed by atoms with E-state index in [0.29, 0.717) is 20.8 Å². The Kier molecular flexibility index (Phi) is 5.95. The van der Waals surface area contributed by atoms with Crippen LogP contribution in [0.1, 0.15) is 27.3 Å². The number of aromatic carboxylic acids is 1. The molecule has 1 saturated heterocycles. The fraction of sp³-hybridized carbons (Fsp3) is 0.125. The number of nitrogens with zero attached hydrogens (tertiary/aromatic N) is 3. The maximum Gasteiger partial charge on any atom is 0.335 e. The van der Waals surface area contributed by atoms with Crippen LogP contribution < -0.4 is 0 Å². The van der Waals surface area contributed by atoms with Crippen molar-refractivity contribution >= 4 is 52.2 Å². The lowest BCUT2D eigenvalue weighted by molar-refractivity contribution is -0.121. The van der Waals surface area contributed by atoms with Gasteiger partial charge in [0.15, 0.2) is 5.17 Å². The maximum atomic E-state index is 12.8. The van der Waals surface area contributed by atoms with Gasteiger partial charge in [0.1, 0.15) is 0 Å². The van der Waals surface area contributed by atoms with Crippen molar-refractivity contribution in [2.24, 2.45) is 4.99 Å². The van der Waals surface area contributed by atoms with Crippen LogP contribution in [0.25, 0.3) is 11.8 Å². The Morgan fingerprint density at radius 3 is 2.50 bits per heavy atom. The van der Waals surface area contributed by atoms with Gasteiger partial charge >= 0.3 is 5.97 Å². The Labute approximate surface area is 194 Å². The quantitative estimate of drug-likeness (QED) is 0.503. The number of carboxylic acids is 1. The van der Waals surface area contributed by atoms with Crippen LogP contribution in [0.5, 0.6) is 0 Å². The van der Waals surface area contributed by atoms with Crippen molar-refractivity contribution in [3.05, 3.63) is 87.0 Å². The molecule has 32 heavy (non-hydrogen) atoms. The third-order valence-electron chi connectivity index (χ3n) is 5.17. The minimum Gasteiger partial charge on any atom is -0.478 e. The summed E-state index contributed by atoms with van der Waals surface area (Å²) >= 11 is 7.45. The summed E-state index contributed by atoms with van der Waals surface area (Å²) in [7, 11) is 1.68. The summed E-state index contributed by atoms with van der Waals surface area (Å²) < 4.78 is 2.10. The van der Waals surface area contributed by atoms with Crippen LogP contribution in [0.2, 0.25) is 5.02 Å². The van der Waals surface area contributed by atoms with Gasteiger partial charge in [0, 0.05) is 29.1 Å². The number of amides is 1. The van der Waals surface area contributed by atoms with Crippen LogP contribution in [0.3, 0.4) is 0 Å². The first-order valence-electron chi connectivity index (χ1n) is 9.79. The minimum atomic E-state index is -0.993. The van der Waals surface area contributed by atoms with Gasteiger partial charge < -0.3 is 9.67 Å². The summed E-state index contributed by atoms with van der Waals surface area (Å²) in [6, 6.07) is 15.9. The van der Waals surface area contributed by atoms with E-state index in [2.05, 4.69) is 9.56 Å². The van der Waals surface area contributed by atoms with Crippen molar-refractivity contribution < 1.29 is 14.7 Å². The summed E-state index contributed by atoms with van der Waals surface area (Å²) in [4.78, 5) is 30.4. The second kappa shape index (κ2) is 8.68. The van der Waals surface area contributed by atoms with Gasteiger partial charge in [-0.2, -0.15) is 0 Å². The van der Waals surface area contributed by atoms with Crippen molar-refractivity contribution in [1.82, 2.24) is 9.47 Å². The second-order valence-electron chi connectivity index (χ2n) is 7.36. The Balaban J connectivity index is 1.65. The molecule has 162 valence electrons. The molecule has 1 aliphatic heterocycles. The Bertz CT molecular complexity index is 1290.